The van der Waals surface area contributed by atoms with Crippen LogP contribution in [0.25, 0.3) is 33.5 Å². The van der Waals surface area contributed by atoms with Gasteiger partial charge >= 0.3 is 5.97 Å². The molecule has 0 atom stereocenters. The summed E-state index contributed by atoms with van der Waals surface area (Å²) < 4.78 is 27.6. The Morgan fingerprint density at radius 2 is 1.58 bits per heavy atom. The third kappa shape index (κ3) is 3.66. The van der Waals surface area contributed by atoms with Gasteiger partial charge in [0.15, 0.2) is 0 Å². The van der Waals surface area contributed by atoms with Crippen LogP contribution < -0.4 is 0 Å². The van der Waals surface area contributed by atoms with Crippen LogP contribution in [-0.2, 0) is 9.84 Å². The lowest BCUT2D eigenvalue weighted by Crippen LogP contribution is -2.07. The van der Waals surface area contributed by atoms with Crippen LogP contribution >= 0.6 is 0 Å². The zero-order chi connectivity index (χ0) is 23.0. The number of aromatic carboxylic acids is 1. The molecule has 0 spiro atoms. The number of hydrogen-bond donors (Lipinski definition) is 2. The van der Waals surface area contributed by atoms with E-state index in [2.05, 4.69) is 15.0 Å². The highest BCUT2D eigenvalue weighted by molar-refractivity contribution is 7.91. The number of carbonyl (C=O) groups is 1. The third-order valence-corrected chi connectivity index (χ3v) is 7.13. The molecule has 0 radical (unpaired) electrons. The molecule has 162 valence electrons. The number of pyridine rings is 2. The van der Waals surface area contributed by atoms with Crippen molar-refractivity contribution in [1.29, 1.82) is 0 Å². The van der Waals surface area contributed by atoms with Crippen molar-refractivity contribution in [1.82, 2.24) is 15.0 Å². The van der Waals surface area contributed by atoms with Crippen molar-refractivity contribution >= 4 is 26.8 Å². The number of hydrogen-bond acceptors (Lipinski definition) is 5. The maximum atomic E-state index is 13.8. The van der Waals surface area contributed by atoms with E-state index in [-0.39, 0.29) is 26.7 Å². The Labute approximate surface area is 189 Å². The molecular formula is C25H17N3O4S. The number of sulfone groups is 1. The number of benzene rings is 2. The standard InChI is InChI=1S/C25H17N3O4S/c29-25(30)21-13-7-12-20(27-21)19-15-26-24-18(14-22(28-24)16-8-3-1-4-9-16)23(19)33(31,32)17-10-5-2-6-11-17/h1-15H,(H,26,28)(H,29,30). The van der Waals surface area contributed by atoms with Gasteiger partial charge in [0.25, 0.3) is 0 Å². The Hall–Kier alpha value is -4.30. The summed E-state index contributed by atoms with van der Waals surface area (Å²) in [6.07, 6.45) is 1.41. The molecule has 0 aliphatic carbocycles. The van der Waals surface area contributed by atoms with Gasteiger partial charge in [-0.1, -0.05) is 54.6 Å². The van der Waals surface area contributed by atoms with Gasteiger partial charge in [-0.25, -0.2) is 23.2 Å². The van der Waals surface area contributed by atoms with Gasteiger partial charge in [-0.05, 0) is 35.9 Å². The Kier molecular flexibility index (Phi) is 4.99. The number of aromatic nitrogens is 3. The number of carboxylic acids is 1. The number of carboxylic acid groups (broad SMARTS) is 1. The SMILES string of the molecule is O=C(O)c1cccc(-c2cnc3[nH]c(-c4ccccc4)cc3c2S(=O)(=O)c2ccccc2)n1. The predicted octanol–water partition coefficient (Wildman–Crippen LogP) is 4.82. The van der Waals surface area contributed by atoms with Gasteiger partial charge in [-0.3, -0.25) is 0 Å². The van der Waals surface area contributed by atoms with E-state index in [0.29, 0.717) is 16.7 Å². The maximum Gasteiger partial charge on any atom is 0.354 e. The fourth-order valence-corrected chi connectivity index (χ4v) is 5.36. The van der Waals surface area contributed by atoms with Gasteiger partial charge in [0.1, 0.15) is 11.3 Å². The number of aromatic amines is 1. The Balaban J connectivity index is 1.83. The molecule has 2 N–H and O–H groups in total. The van der Waals surface area contributed by atoms with E-state index in [1.807, 2.05) is 30.3 Å². The highest BCUT2D eigenvalue weighted by Gasteiger charge is 2.27. The molecular weight excluding hydrogens is 438 g/mol. The molecule has 2 aromatic carbocycles. The summed E-state index contributed by atoms with van der Waals surface area (Å²) in [5.74, 6) is -1.20. The average Bonchev–Trinajstić information content (AvgIpc) is 3.29. The van der Waals surface area contributed by atoms with Crippen molar-refractivity contribution in [2.24, 2.45) is 0 Å². The summed E-state index contributed by atoms with van der Waals surface area (Å²) >= 11 is 0. The van der Waals surface area contributed by atoms with Crippen LogP contribution in [0.5, 0.6) is 0 Å². The maximum absolute atomic E-state index is 13.8. The normalized spacial score (nSPS) is 11.5. The molecule has 33 heavy (non-hydrogen) atoms. The molecule has 8 heteroatoms. The van der Waals surface area contributed by atoms with Crippen LogP contribution in [0.3, 0.4) is 0 Å². The van der Waals surface area contributed by atoms with Crippen molar-refractivity contribution in [3.63, 3.8) is 0 Å². The monoisotopic (exact) mass is 455 g/mol. The van der Waals surface area contributed by atoms with E-state index >= 15 is 0 Å². The molecule has 0 saturated carbocycles. The number of rotatable bonds is 5. The first-order chi connectivity index (χ1) is 15.9. The highest BCUT2D eigenvalue weighted by atomic mass is 32.2. The lowest BCUT2D eigenvalue weighted by atomic mass is 10.1. The summed E-state index contributed by atoms with van der Waals surface area (Å²) in [6, 6.07) is 23.8. The van der Waals surface area contributed by atoms with E-state index in [9.17, 15) is 18.3 Å². The topological polar surface area (TPSA) is 113 Å². The molecule has 0 unspecified atom stereocenters. The average molecular weight is 455 g/mol. The molecule has 3 aromatic heterocycles. The highest BCUT2D eigenvalue weighted by Crippen LogP contribution is 2.37. The van der Waals surface area contributed by atoms with Crippen molar-refractivity contribution in [2.75, 3.05) is 0 Å². The molecule has 0 aliphatic rings. The Morgan fingerprint density at radius 3 is 2.27 bits per heavy atom. The van der Waals surface area contributed by atoms with Gasteiger partial charge in [0.2, 0.25) is 9.84 Å². The van der Waals surface area contributed by atoms with Gasteiger partial charge in [0.05, 0.1) is 15.5 Å². The molecule has 0 fully saturated rings. The fourth-order valence-electron chi connectivity index (χ4n) is 3.72. The number of H-pyrrole nitrogens is 1. The first kappa shape index (κ1) is 20.6. The fraction of sp³-hybridized carbons (Fsp3) is 0. The van der Waals surface area contributed by atoms with E-state index < -0.39 is 15.8 Å². The quantitative estimate of drug-likeness (QED) is 0.393. The minimum atomic E-state index is -3.99. The van der Waals surface area contributed by atoms with E-state index in [4.69, 9.17) is 0 Å². The number of nitrogens with one attached hydrogen (secondary N) is 1. The second kappa shape index (κ2) is 7.99. The summed E-state index contributed by atoms with van der Waals surface area (Å²) in [5, 5.41) is 9.76. The zero-order valence-electron chi connectivity index (χ0n) is 17.1. The molecule has 0 aliphatic heterocycles. The molecule has 7 nitrogen and oxygen atoms in total. The lowest BCUT2D eigenvalue weighted by molar-refractivity contribution is 0.0690. The molecule has 5 aromatic rings. The van der Waals surface area contributed by atoms with Crippen LogP contribution in [0.4, 0.5) is 0 Å². The zero-order valence-corrected chi connectivity index (χ0v) is 18.0. The first-order valence-corrected chi connectivity index (χ1v) is 11.5. The molecule has 0 amide bonds. The minimum Gasteiger partial charge on any atom is -0.477 e. The van der Waals surface area contributed by atoms with E-state index in [1.165, 1.54) is 30.5 Å². The van der Waals surface area contributed by atoms with E-state index in [1.54, 1.807) is 30.3 Å². The van der Waals surface area contributed by atoms with Crippen molar-refractivity contribution in [3.8, 4) is 22.5 Å². The molecule has 0 bridgehead atoms. The van der Waals surface area contributed by atoms with Crippen molar-refractivity contribution in [2.45, 2.75) is 9.79 Å². The summed E-state index contributed by atoms with van der Waals surface area (Å²) in [4.78, 5) is 23.4. The summed E-state index contributed by atoms with van der Waals surface area (Å²) in [5.41, 5.74) is 2.25. The third-order valence-electron chi connectivity index (χ3n) is 5.26. The van der Waals surface area contributed by atoms with Gasteiger partial charge in [-0.2, -0.15) is 0 Å². The number of nitrogens with zero attached hydrogens (tertiary/aromatic N) is 2. The van der Waals surface area contributed by atoms with Gasteiger partial charge < -0.3 is 10.1 Å². The Morgan fingerprint density at radius 1 is 0.879 bits per heavy atom. The largest absolute Gasteiger partial charge is 0.477 e. The summed E-state index contributed by atoms with van der Waals surface area (Å²) in [6.45, 7) is 0. The van der Waals surface area contributed by atoms with Crippen LogP contribution in [0, 0.1) is 0 Å². The van der Waals surface area contributed by atoms with Crippen LogP contribution in [0.2, 0.25) is 0 Å². The molecule has 5 rings (SSSR count). The number of fused-ring (bicyclic) bond motifs is 1. The second-order valence-corrected chi connectivity index (χ2v) is 9.23. The first-order valence-electron chi connectivity index (χ1n) is 10.0. The molecule has 0 saturated heterocycles. The van der Waals surface area contributed by atoms with Gasteiger partial charge in [-0.15, -0.1) is 0 Å². The Bertz CT molecular complexity index is 1600. The predicted molar refractivity (Wildman–Crippen MR) is 124 cm³/mol. The van der Waals surface area contributed by atoms with E-state index in [0.717, 1.165) is 5.56 Å². The lowest BCUT2D eigenvalue weighted by Gasteiger charge is -2.12. The summed E-state index contributed by atoms with van der Waals surface area (Å²) in [7, 11) is -3.99. The second-order valence-electron chi connectivity index (χ2n) is 7.34. The van der Waals surface area contributed by atoms with Crippen LogP contribution in [0.15, 0.2) is 101 Å². The van der Waals surface area contributed by atoms with Crippen LogP contribution in [0.1, 0.15) is 10.5 Å². The minimum absolute atomic E-state index is 0.0205. The van der Waals surface area contributed by atoms with Crippen molar-refractivity contribution < 1.29 is 18.3 Å². The van der Waals surface area contributed by atoms with Crippen molar-refractivity contribution in [3.05, 3.63) is 96.8 Å². The molecule has 3 heterocycles. The smallest absolute Gasteiger partial charge is 0.354 e. The van der Waals surface area contributed by atoms with Gasteiger partial charge in [0, 0.05) is 22.8 Å². The van der Waals surface area contributed by atoms with Crippen LogP contribution in [-0.4, -0.2) is 34.4 Å².